The van der Waals surface area contributed by atoms with Crippen molar-refractivity contribution in [3.8, 4) is 0 Å². The third kappa shape index (κ3) is 3.19. The number of rotatable bonds is 2. The molecule has 0 nitrogen and oxygen atoms in total. The molecular formula is C35H27F. The van der Waals surface area contributed by atoms with Gasteiger partial charge in [0.15, 0.2) is 0 Å². The molecule has 1 heteroatoms. The molecule has 0 saturated carbocycles. The van der Waals surface area contributed by atoms with Crippen LogP contribution in [0.3, 0.4) is 0 Å². The van der Waals surface area contributed by atoms with E-state index in [1.807, 2.05) is 30.3 Å². The predicted octanol–water partition coefficient (Wildman–Crippen LogP) is 7.04. The minimum atomic E-state index is -0.120. The smallest absolute Gasteiger partial charge is 0.135 e. The largest absolute Gasteiger partial charge is 0.206 e. The highest BCUT2D eigenvalue weighted by Gasteiger charge is 2.26. The zero-order valence-electron chi connectivity index (χ0n) is 20.4. The molecule has 0 N–H and O–H groups in total. The lowest BCUT2D eigenvalue weighted by Crippen LogP contribution is -2.25. The first-order valence-electron chi connectivity index (χ1n) is 12.9. The van der Waals surface area contributed by atoms with Gasteiger partial charge in [0, 0.05) is 11.3 Å². The van der Waals surface area contributed by atoms with Gasteiger partial charge >= 0.3 is 0 Å². The zero-order chi connectivity index (χ0) is 24.2. The summed E-state index contributed by atoms with van der Waals surface area (Å²) in [5.41, 5.74) is 7.51. The summed E-state index contributed by atoms with van der Waals surface area (Å²) < 4.78 is 16.1. The molecule has 1 unspecified atom stereocenters. The van der Waals surface area contributed by atoms with Crippen LogP contribution in [0.1, 0.15) is 46.6 Å². The topological polar surface area (TPSA) is 0 Å². The van der Waals surface area contributed by atoms with Gasteiger partial charge in [0.05, 0.1) is 0 Å². The SMILES string of the molecule is Cc1ccccc1C1=c2ccc3c(c2CCC1)C(c1ccc2ccccc2c1F)C=c1ccccc1=3. The van der Waals surface area contributed by atoms with Gasteiger partial charge in [0.25, 0.3) is 0 Å². The molecule has 0 fully saturated rings. The molecule has 0 spiro atoms. The summed E-state index contributed by atoms with van der Waals surface area (Å²) >= 11 is 0. The van der Waals surface area contributed by atoms with Crippen molar-refractivity contribution < 1.29 is 4.39 Å². The Balaban J connectivity index is 1.60. The van der Waals surface area contributed by atoms with Crippen LogP contribution in [0, 0.1) is 23.2 Å². The van der Waals surface area contributed by atoms with Crippen LogP contribution in [-0.2, 0) is 6.42 Å². The standard InChI is InChI=1S/C35H27F/c1-22-9-2-5-12-25(22)28-15-8-16-30-29(28)19-20-31-26-13-6-4-11-24(26)21-33(34(30)31)32-18-17-23-10-3-7-14-27(23)35(32)36/h2-7,9-14,17-21,33H,8,15-16H2,1H3. The molecule has 0 aromatic heterocycles. The lowest BCUT2D eigenvalue weighted by molar-refractivity contribution is 0.621. The molecule has 2 aliphatic rings. The Hall–Kier alpha value is -3.97. The highest BCUT2D eigenvalue weighted by molar-refractivity contribution is 5.84. The fourth-order valence-electron chi connectivity index (χ4n) is 6.46. The quantitative estimate of drug-likeness (QED) is 0.262. The third-order valence-electron chi connectivity index (χ3n) is 8.14. The maximum absolute atomic E-state index is 16.1. The Morgan fingerprint density at radius 3 is 2.39 bits per heavy atom. The molecule has 36 heavy (non-hydrogen) atoms. The molecule has 7 rings (SSSR count). The molecule has 0 bridgehead atoms. The first-order valence-corrected chi connectivity index (χ1v) is 12.9. The molecule has 0 heterocycles. The molecule has 5 aromatic carbocycles. The van der Waals surface area contributed by atoms with E-state index in [9.17, 15) is 0 Å². The maximum atomic E-state index is 16.1. The van der Waals surface area contributed by atoms with Gasteiger partial charge in [-0.1, -0.05) is 103 Å². The molecular weight excluding hydrogens is 439 g/mol. The van der Waals surface area contributed by atoms with E-state index in [-0.39, 0.29) is 11.7 Å². The fraction of sp³-hybridized carbons (Fsp3) is 0.143. The lowest BCUT2D eigenvalue weighted by atomic mass is 9.77. The normalized spacial score (nSPS) is 16.2. The maximum Gasteiger partial charge on any atom is 0.135 e. The second-order valence-corrected chi connectivity index (χ2v) is 10.1. The van der Waals surface area contributed by atoms with E-state index < -0.39 is 0 Å². The van der Waals surface area contributed by atoms with Crippen LogP contribution in [0.25, 0.3) is 22.4 Å². The monoisotopic (exact) mass is 466 g/mol. The molecule has 5 aromatic rings. The lowest BCUT2D eigenvalue weighted by Gasteiger charge is -2.27. The van der Waals surface area contributed by atoms with Crippen LogP contribution >= 0.6 is 0 Å². The van der Waals surface area contributed by atoms with Crippen molar-refractivity contribution in [2.24, 2.45) is 0 Å². The Kier molecular flexibility index (Phi) is 4.92. The molecule has 0 amide bonds. The molecule has 0 radical (unpaired) electrons. The van der Waals surface area contributed by atoms with Gasteiger partial charge in [-0.05, 0) is 85.8 Å². The first-order chi connectivity index (χ1) is 17.7. The average molecular weight is 467 g/mol. The minimum Gasteiger partial charge on any atom is -0.206 e. The minimum absolute atomic E-state index is 0.101. The van der Waals surface area contributed by atoms with Crippen molar-refractivity contribution in [2.75, 3.05) is 0 Å². The van der Waals surface area contributed by atoms with Crippen LogP contribution in [-0.4, -0.2) is 0 Å². The van der Waals surface area contributed by atoms with Gasteiger partial charge in [0.2, 0.25) is 0 Å². The molecule has 0 aliphatic heterocycles. The van der Waals surface area contributed by atoms with E-state index in [0.29, 0.717) is 5.39 Å². The van der Waals surface area contributed by atoms with E-state index >= 15 is 4.39 Å². The van der Waals surface area contributed by atoms with Crippen LogP contribution in [0.4, 0.5) is 4.39 Å². The highest BCUT2D eigenvalue weighted by atomic mass is 19.1. The van der Waals surface area contributed by atoms with E-state index in [1.54, 1.807) is 0 Å². The van der Waals surface area contributed by atoms with Crippen molar-refractivity contribution in [2.45, 2.75) is 32.1 Å². The van der Waals surface area contributed by atoms with Crippen LogP contribution < -0.4 is 10.4 Å². The molecule has 0 saturated heterocycles. The van der Waals surface area contributed by atoms with Crippen molar-refractivity contribution in [3.05, 3.63) is 152 Å². The number of halogens is 1. The molecule has 2 aliphatic carbocycles. The summed E-state index contributed by atoms with van der Waals surface area (Å²) in [6.45, 7) is 2.20. The Labute approximate surface area is 210 Å². The predicted molar refractivity (Wildman–Crippen MR) is 147 cm³/mol. The van der Waals surface area contributed by atoms with E-state index in [0.717, 1.165) is 30.2 Å². The number of fused-ring (bicyclic) bond motifs is 5. The van der Waals surface area contributed by atoms with Crippen LogP contribution in [0.2, 0.25) is 0 Å². The van der Waals surface area contributed by atoms with Crippen LogP contribution in [0.5, 0.6) is 0 Å². The highest BCUT2D eigenvalue weighted by Crippen LogP contribution is 2.37. The summed E-state index contributed by atoms with van der Waals surface area (Å²) in [4.78, 5) is 0. The van der Waals surface area contributed by atoms with E-state index in [1.165, 1.54) is 48.7 Å². The van der Waals surface area contributed by atoms with E-state index in [4.69, 9.17) is 0 Å². The summed E-state index contributed by atoms with van der Waals surface area (Å²) in [6.07, 6.45) is 5.50. The first kappa shape index (κ1) is 21.3. The Morgan fingerprint density at radius 1 is 0.694 bits per heavy atom. The van der Waals surface area contributed by atoms with Gasteiger partial charge in [-0.3, -0.25) is 0 Å². The average Bonchev–Trinajstić information content (AvgIpc) is 2.93. The second-order valence-electron chi connectivity index (χ2n) is 10.1. The van der Waals surface area contributed by atoms with Gasteiger partial charge in [-0.2, -0.15) is 0 Å². The number of benzene rings is 5. The number of aryl methyl sites for hydroxylation is 1. The summed E-state index contributed by atoms with van der Waals surface area (Å²) in [7, 11) is 0. The summed E-state index contributed by atoms with van der Waals surface area (Å²) in [5.74, 6) is -0.220. The number of hydrogen-bond donors (Lipinski definition) is 0. The van der Waals surface area contributed by atoms with Crippen molar-refractivity contribution in [3.63, 3.8) is 0 Å². The molecule has 1 atom stereocenters. The fourth-order valence-corrected chi connectivity index (χ4v) is 6.46. The van der Waals surface area contributed by atoms with Gasteiger partial charge in [-0.25, -0.2) is 4.39 Å². The molecule has 174 valence electrons. The zero-order valence-corrected chi connectivity index (χ0v) is 20.4. The van der Waals surface area contributed by atoms with Crippen molar-refractivity contribution in [1.82, 2.24) is 0 Å². The summed E-state index contributed by atoms with van der Waals surface area (Å²) in [6, 6.07) is 33.7. The second kappa shape index (κ2) is 8.31. The Bertz CT molecular complexity index is 1890. The van der Waals surface area contributed by atoms with Gasteiger partial charge in [-0.15, -0.1) is 0 Å². The van der Waals surface area contributed by atoms with Crippen molar-refractivity contribution >= 4 is 22.4 Å². The van der Waals surface area contributed by atoms with Gasteiger partial charge < -0.3 is 0 Å². The van der Waals surface area contributed by atoms with Gasteiger partial charge in [0.1, 0.15) is 5.82 Å². The number of hydrogen-bond acceptors (Lipinski definition) is 0. The van der Waals surface area contributed by atoms with E-state index in [2.05, 4.69) is 79.7 Å². The van der Waals surface area contributed by atoms with Crippen LogP contribution in [0.15, 0.2) is 97.1 Å². The Morgan fingerprint density at radius 2 is 1.47 bits per heavy atom. The third-order valence-corrected chi connectivity index (χ3v) is 8.14. The summed E-state index contributed by atoms with van der Waals surface area (Å²) in [5, 5.41) is 6.65. The van der Waals surface area contributed by atoms with Crippen molar-refractivity contribution in [1.29, 1.82) is 0 Å².